The Morgan fingerprint density at radius 1 is 0.302 bits per heavy atom. The van der Waals surface area contributed by atoms with Crippen LogP contribution in [0, 0.1) is 0 Å². The van der Waals surface area contributed by atoms with Crippen LogP contribution in [-0.2, 0) is 0 Å². The minimum atomic E-state index is -2.73. The van der Waals surface area contributed by atoms with E-state index in [2.05, 4.69) is 276 Å². The molecule has 0 amide bonds. The normalized spacial score (nSPS) is 11.5. The lowest BCUT2D eigenvalue weighted by Gasteiger charge is -2.35. The number of rotatable bonds is 10. The smallest absolute Gasteiger partial charge is 0.179 e. The molecule has 0 spiro atoms. The Morgan fingerprint density at radius 2 is 0.714 bits per heavy atom. The van der Waals surface area contributed by atoms with Gasteiger partial charge in [-0.1, -0.05) is 212 Å². The third-order valence-electron chi connectivity index (χ3n) is 12.6. The van der Waals surface area contributed by atoms with E-state index in [1.54, 1.807) is 0 Å². The van der Waals surface area contributed by atoms with Gasteiger partial charge in [0.2, 0.25) is 0 Å². The Balaban J connectivity index is 1.13. The lowest BCUT2D eigenvalue weighted by molar-refractivity contribution is 1.18. The van der Waals surface area contributed by atoms with E-state index in [4.69, 9.17) is 0 Å². The van der Waals surface area contributed by atoms with E-state index < -0.39 is 8.07 Å². The number of fused-ring (bicyclic) bond motifs is 3. The van der Waals surface area contributed by atoms with Crippen LogP contribution in [0.4, 0.5) is 17.1 Å². The highest BCUT2D eigenvalue weighted by Crippen LogP contribution is 2.44. The van der Waals surface area contributed by atoms with Crippen LogP contribution in [0.25, 0.3) is 49.7 Å². The highest BCUT2D eigenvalue weighted by molar-refractivity contribution is 7.19. The van der Waals surface area contributed by atoms with Gasteiger partial charge in [-0.3, -0.25) is 0 Å². The van der Waals surface area contributed by atoms with E-state index >= 15 is 0 Å². The number of nitrogens with zero attached hydrogens (tertiary/aromatic N) is 2. The topological polar surface area (TPSA) is 8.17 Å². The second kappa shape index (κ2) is 16.5. The first kappa shape index (κ1) is 38.0. The van der Waals surface area contributed by atoms with Gasteiger partial charge in [-0.05, 0) is 97.6 Å². The Morgan fingerprint density at radius 3 is 1.27 bits per heavy atom. The maximum Gasteiger partial charge on any atom is 0.179 e. The third-order valence-corrected chi connectivity index (χ3v) is 17.4. The van der Waals surface area contributed by atoms with Gasteiger partial charge in [-0.15, -0.1) is 0 Å². The summed E-state index contributed by atoms with van der Waals surface area (Å²) in [7, 11) is -2.73. The van der Waals surface area contributed by atoms with Crippen molar-refractivity contribution in [2.45, 2.75) is 0 Å². The SMILES string of the molecule is c1ccc(-c2ccccc2-c2ccc(N(c3ccc([Si](c4ccccc4)(c4ccccc4)c4ccccc4)cc3)c3cccc4c3c3ccccc3n4-c3ccccc3)cc2)cc1. The maximum atomic E-state index is 2.46. The molecule has 0 aliphatic heterocycles. The van der Waals surface area contributed by atoms with Crippen molar-refractivity contribution in [3.63, 3.8) is 0 Å². The first-order valence-corrected chi connectivity index (χ1v) is 23.7. The van der Waals surface area contributed by atoms with E-state index in [9.17, 15) is 0 Å². The Kier molecular flexibility index (Phi) is 9.93. The molecule has 0 N–H and O–H groups in total. The van der Waals surface area contributed by atoms with Crippen molar-refractivity contribution in [3.8, 4) is 27.9 Å². The number of para-hydroxylation sites is 2. The van der Waals surface area contributed by atoms with E-state index in [0.717, 1.165) is 22.7 Å². The molecule has 298 valence electrons. The lowest BCUT2D eigenvalue weighted by atomic mass is 9.94. The molecule has 0 radical (unpaired) electrons. The summed E-state index contributed by atoms with van der Waals surface area (Å²) in [6.45, 7) is 0. The van der Waals surface area contributed by atoms with Crippen molar-refractivity contribution >= 4 is 67.7 Å². The summed E-state index contributed by atoms with van der Waals surface area (Å²) in [5.41, 5.74) is 11.6. The van der Waals surface area contributed by atoms with Crippen LogP contribution in [0.5, 0.6) is 0 Å². The molecule has 0 bridgehead atoms. The molecule has 0 saturated heterocycles. The molecule has 1 heterocycles. The van der Waals surface area contributed by atoms with Crippen LogP contribution in [0.3, 0.4) is 0 Å². The summed E-state index contributed by atoms with van der Waals surface area (Å²) in [6, 6.07) is 97.8. The van der Waals surface area contributed by atoms with Crippen molar-refractivity contribution < 1.29 is 0 Å². The van der Waals surface area contributed by atoms with Gasteiger partial charge in [0.05, 0.1) is 16.7 Å². The van der Waals surface area contributed by atoms with Crippen LogP contribution in [0.2, 0.25) is 0 Å². The highest BCUT2D eigenvalue weighted by atomic mass is 28.3. The van der Waals surface area contributed by atoms with Crippen molar-refractivity contribution in [1.29, 1.82) is 0 Å². The molecule has 0 unspecified atom stereocenters. The van der Waals surface area contributed by atoms with Crippen molar-refractivity contribution in [2.75, 3.05) is 4.90 Å². The zero-order valence-corrected chi connectivity index (χ0v) is 35.8. The minimum Gasteiger partial charge on any atom is -0.310 e. The van der Waals surface area contributed by atoms with Gasteiger partial charge in [0.1, 0.15) is 0 Å². The van der Waals surface area contributed by atoms with Crippen LogP contribution in [-0.4, -0.2) is 12.6 Å². The molecule has 0 aliphatic rings. The summed E-state index contributed by atoms with van der Waals surface area (Å²) in [5.74, 6) is 0. The summed E-state index contributed by atoms with van der Waals surface area (Å²) in [4.78, 5) is 2.46. The first-order valence-electron chi connectivity index (χ1n) is 21.7. The third kappa shape index (κ3) is 6.67. The van der Waals surface area contributed by atoms with Gasteiger partial charge >= 0.3 is 0 Å². The highest BCUT2D eigenvalue weighted by Gasteiger charge is 2.41. The maximum absolute atomic E-state index is 2.73. The Labute approximate surface area is 370 Å². The van der Waals surface area contributed by atoms with Crippen molar-refractivity contribution in [2.24, 2.45) is 0 Å². The van der Waals surface area contributed by atoms with E-state index in [1.807, 2.05) is 0 Å². The van der Waals surface area contributed by atoms with E-state index in [0.29, 0.717) is 0 Å². The molecule has 11 rings (SSSR count). The Hall–Kier alpha value is -7.98. The molecular formula is C60H44N2Si. The number of benzene rings is 10. The van der Waals surface area contributed by atoms with E-state index in [-0.39, 0.29) is 0 Å². The molecule has 63 heavy (non-hydrogen) atoms. The zero-order chi connectivity index (χ0) is 42.0. The van der Waals surface area contributed by atoms with Gasteiger partial charge in [0, 0.05) is 27.8 Å². The predicted molar refractivity (Wildman–Crippen MR) is 270 cm³/mol. The zero-order valence-electron chi connectivity index (χ0n) is 34.8. The standard InChI is InChI=1S/C60H44N2Si/c1-6-21-45(22-7-1)54-31-16-17-32-55(54)46-37-39-48(40-38-46)61(58-35-20-36-59-60(58)56-33-18-19-34-57(56)62(59)47-23-8-2-9-24-47)49-41-43-53(44-42-49)63(50-25-10-3-11-26-50,51-27-12-4-13-28-51)52-29-14-5-15-30-52/h1-44H. The van der Waals surface area contributed by atoms with Crippen molar-refractivity contribution in [1.82, 2.24) is 4.57 Å². The monoisotopic (exact) mass is 820 g/mol. The molecule has 3 heteroatoms. The summed E-state index contributed by atoms with van der Waals surface area (Å²) in [5, 5.41) is 7.83. The molecule has 1 aromatic heterocycles. The summed E-state index contributed by atoms with van der Waals surface area (Å²) in [6.07, 6.45) is 0. The molecule has 0 fully saturated rings. The van der Waals surface area contributed by atoms with Gasteiger partial charge in [-0.25, -0.2) is 0 Å². The predicted octanol–water partition coefficient (Wildman–Crippen LogP) is 13.0. The van der Waals surface area contributed by atoms with Gasteiger partial charge in [0.15, 0.2) is 8.07 Å². The fraction of sp³-hybridized carbons (Fsp3) is 0. The second-order valence-corrected chi connectivity index (χ2v) is 19.9. The lowest BCUT2D eigenvalue weighted by Crippen LogP contribution is -2.74. The summed E-state index contributed by atoms with van der Waals surface area (Å²) >= 11 is 0. The average molecular weight is 821 g/mol. The van der Waals surface area contributed by atoms with Gasteiger partial charge in [0.25, 0.3) is 0 Å². The number of anilines is 3. The fourth-order valence-corrected chi connectivity index (χ4v) is 14.5. The first-order chi connectivity index (χ1) is 31.3. The van der Waals surface area contributed by atoms with Gasteiger partial charge in [-0.2, -0.15) is 0 Å². The summed E-state index contributed by atoms with van der Waals surface area (Å²) < 4.78 is 2.40. The Bertz CT molecular complexity index is 3200. The molecule has 2 nitrogen and oxygen atoms in total. The molecule has 0 aliphatic carbocycles. The quantitative estimate of drug-likeness (QED) is 0.0985. The van der Waals surface area contributed by atoms with Crippen LogP contribution in [0.15, 0.2) is 267 Å². The molecule has 0 atom stereocenters. The van der Waals surface area contributed by atoms with Gasteiger partial charge < -0.3 is 9.47 Å². The van der Waals surface area contributed by atoms with Crippen LogP contribution < -0.4 is 25.6 Å². The van der Waals surface area contributed by atoms with Crippen LogP contribution >= 0.6 is 0 Å². The second-order valence-electron chi connectivity index (χ2n) is 16.0. The minimum absolute atomic E-state index is 1.09. The fourth-order valence-electron chi connectivity index (χ4n) is 9.79. The average Bonchev–Trinajstić information content (AvgIpc) is 3.72. The number of hydrogen-bond donors (Lipinski definition) is 0. The van der Waals surface area contributed by atoms with E-state index in [1.165, 1.54) is 64.8 Å². The van der Waals surface area contributed by atoms with Crippen molar-refractivity contribution in [3.05, 3.63) is 267 Å². The molecule has 10 aromatic carbocycles. The van der Waals surface area contributed by atoms with Crippen LogP contribution in [0.1, 0.15) is 0 Å². The number of hydrogen-bond acceptors (Lipinski definition) is 1. The molecule has 11 aromatic rings. The molecule has 0 saturated carbocycles. The number of aromatic nitrogens is 1. The molecular weight excluding hydrogens is 777 g/mol. The largest absolute Gasteiger partial charge is 0.310 e.